The van der Waals surface area contributed by atoms with E-state index in [1.165, 1.54) is 0 Å². The first-order chi connectivity index (χ1) is 8.94. The molecule has 1 rings (SSSR count). The minimum absolute atomic E-state index is 0.145. The van der Waals surface area contributed by atoms with Crippen LogP contribution in [0.15, 0.2) is 18.3 Å². The van der Waals surface area contributed by atoms with Gasteiger partial charge in [-0.1, -0.05) is 6.92 Å². The van der Waals surface area contributed by atoms with Crippen molar-refractivity contribution in [3.05, 3.63) is 18.3 Å². The Kier molecular flexibility index (Phi) is 6.09. The highest BCUT2D eigenvalue weighted by Gasteiger charge is 2.12. The molecule has 0 saturated heterocycles. The van der Waals surface area contributed by atoms with E-state index < -0.39 is 0 Å². The lowest BCUT2D eigenvalue weighted by Crippen LogP contribution is -2.40. The Bertz CT molecular complexity index is 374. The summed E-state index contributed by atoms with van der Waals surface area (Å²) in [6.07, 6.45) is 2.81. The first kappa shape index (κ1) is 15.8. The Labute approximate surface area is 117 Å². The number of nitrogens with zero attached hydrogens (tertiary/aromatic N) is 2. The van der Waals surface area contributed by atoms with Crippen LogP contribution in [0.25, 0.3) is 0 Å². The number of hydrogen-bond acceptors (Lipinski definition) is 4. The first-order valence-corrected chi connectivity index (χ1v) is 6.98. The molecule has 4 nitrogen and oxygen atoms in total. The second kappa shape index (κ2) is 7.34. The Morgan fingerprint density at radius 1 is 1.37 bits per heavy atom. The van der Waals surface area contributed by atoms with Gasteiger partial charge in [0, 0.05) is 31.9 Å². The number of pyridine rings is 1. The van der Waals surface area contributed by atoms with Crippen LogP contribution in [-0.4, -0.2) is 37.3 Å². The highest BCUT2D eigenvalue weighted by atomic mass is 16.5. The van der Waals surface area contributed by atoms with E-state index in [0.717, 1.165) is 37.7 Å². The van der Waals surface area contributed by atoms with Gasteiger partial charge in [0.25, 0.3) is 0 Å². The molecule has 1 aromatic rings. The predicted molar refractivity (Wildman–Crippen MR) is 81.0 cm³/mol. The summed E-state index contributed by atoms with van der Waals surface area (Å²) in [4.78, 5) is 6.55. The summed E-state index contributed by atoms with van der Waals surface area (Å²) in [6.45, 7) is 11.2. The summed E-state index contributed by atoms with van der Waals surface area (Å²) >= 11 is 0. The Balaban J connectivity index is 2.58. The van der Waals surface area contributed by atoms with Crippen LogP contribution in [-0.2, 0) is 0 Å². The second-order valence-electron chi connectivity index (χ2n) is 5.77. The summed E-state index contributed by atoms with van der Waals surface area (Å²) in [5.74, 6) is 1.77. The lowest BCUT2D eigenvalue weighted by Gasteiger charge is -2.25. The van der Waals surface area contributed by atoms with E-state index in [-0.39, 0.29) is 5.54 Å². The third-order valence-corrected chi connectivity index (χ3v) is 2.68. The summed E-state index contributed by atoms with van der Waals surface area (Å²) in [5.41, 5.74) is 0.145. The van der Waals surface area contributed by atoms with Crippen molar-refractivity contribution in [3.8, 4) is 5.75 Å². The Hall–Kier alpha value is -1.29. The maximum Gasteiger partial charge on any atom is 0.171 e. The van der Waals surface area contributed by atoms with Gasteiger partial charge in [-0.05, 0) is 39.3 Å². The molecule has 1 heterocycles. The van der Waals surface area contributed by atoms with Crippen molar-refractivity contribution in [1.82, 2.24) is 10.3 Å². The van der Waals surface area contributed by atoms with Gasteiger partial charge < -0.3 is 15.0 Å². The molecule has 0 aromatic carbocycles. The van der Waals surface area contributed by atoms with Crippen LogP contribution < -0.4 is 15.0 Å². The highest BCUT2D eigenvalue weighted by Crippen LogP contribution is 2.24. The highest BCUT2D eigenvalue weighted by molar-refractivity contribution is 5.51. The molecular weight excluding hydrogens is 238 g/mol. The zero-order chi connectivity index (χ0) is 14.3. The number of rotatable bonds is 7. The van der Waals surface area contributed by atoms with E-state index in [2.05, 4.69) is 42.9 Å². The summed E-state index contributed by atoms with van der Waals surface area (Å²) in [7, 11) is 2.05. The van der Waals surface area contributed by atoms with Gasteiger partial charge in [-0.2, -0.15) is 0 Å². The molecule has 0 radical (unpaired) electrons. The van der Waals surface area contributed by atoms with Crippen LogP contribution in [0, 0.1) is 0 Å². The maximum atomic E-state index is 5.73. The second-order valence-corrected chi connectivity index (χ2v) is 5.77. The van der Waals surface area contributed by atoms with Gasteiger partial charge in [0.05, 0.1) is 6.61 Å². The standard InChI is InChI=1S/C15H27N3O/c1-6-12-19-13-8-7-9-16-14(13)18(5)11-10-17-15(2,3)4/h7-9,17H,6,10-12H2,1-5H3. The van der Waals surface area contributed by atoms with Crippen LogP contribution in [0.1, 0.15) is 34.1 Å². The molecule has 108 valence electrons. The fourth-order valence-corrected chi connectivity index (χ4v) is 1.70. The number of likely N-dealkylation sites (N-methyl/N-ethyl adjacent to an activating group) is 1. The lowest BCUT2D eigenvalue weighted by molar-refractivity contribution is 0.316. The van der Waals surface area contributed by atoms with Crippen molar-refractivity contribution >= 4 is 5.82 Å². The van der Waals surface area contributed by atoms with Crippen molar-refractivity contribution in [3.63, 3.8) is 0 Å². The molecule has 1 aromatic heterocycles. The maximum absolute atomic E-state index is 5.73. The molecule has 4 heteroatoms. The average molecular weight is 265 g/mol. The van der Waals surface area contributed by atoms with Gasteiger partial charge in [-0.15, -0.1) is 0 Å². The van der Waals surface area contributed by atoms with E-state index in [4.69, 9.17) is 4.74 Å². The molecule has 0 fully saturated rings. The molecule has 0 saturated carbocycles. The minimum Gasteiger partial charge on any atom is -0.490 e. The predicted octanol–water partition coefficient (Wildman–Crippen LogP) is 2.69. The lowest BCUT2D eigenvalue weighted by atomic mass is 10.1. The zero-order valence-corrected chi connectivity index (χ0v) is 12.9. The van der Waals surface area contributed by atoms with Crippen molar-refractivity contribution in [1.29, 1.82) is 0 Å². The van der Waals surface area contributed by atoms with Gasteiger partial charge in [0.2, 0.25) is 0 Å². The van der Waals surface area contributed by atoms with Crippen LogP contribution in [0.2, 0.25) is 0 Å². The quantitative estimate of drug-likeness (QED) is 0.822. The monoisotopic (exact) mass is 265 g/mol. The molecular formula is C15H27N3O. The average Bonchev–Trinajstić information content (AvgIpc) is 2.35. The zero-order valence-electron chi connectivity index (χ0n) is 12.9. The number of aromatic nitrogens is 1. The normalized spacial score (nSPS) is 11.4. The van der Waals surface area contributed by atoms with Gasteiger partial charge in [-0.25, -0.2) is 4.98 Å². The third-order valence-electron chi connectivity index (χ3n) is 2.68. The van der Waals surface area contributed by atoms with Gasteiger partial charge in [0.1, 0.15) is 0 Å². The Morgan fingerprint density at radius 2 is 2.11 bits per heavy atom. The number of nitrogens with one attached hydrogen (secondary N) is 1. The fourth-order valence-electron chi connectivity index (χ4n) is 1.70. The largest absolute Gasteiger partial charge is 0.490 e. The van der Waals surface area contributed by atoms with Crippen LogP contribution in [0.3, 0.4) is 0 Å². The fraction of sp³-hybridized carbons (Fsp3) is 0.667. The molecule has 0 aliphatic rings. The topological polar surface area (TPSA) is 37.4 Å². The van der Waals surface area contributed by atoms with Crippen LogP contribution in [0.4, 0.5) is 5.82 Å². The van der Waals surface area contributed by atoms with Crippen molar-refractivity contribution < 1.29 is 4.74 Å². The minimum atomic E-state index is 0.145. The van der Waals surface area contributed by atoms with Crippen LogP contribution >= 0.6 is 0 Å². The van der Waals surface area contributed by atoms with Crippen LogP contribution in [0.5, 0.6) is 5.75 Å². The Morgan fingerprint density at radius 3 is 2.74 bits per heavy atom. The molecule has 19 heavy (non-hydrogen) atoms. The first-order valence-electron chi connectivity index (χ1n) is 6.98. The molecule has 0 spiro atoms. The number of ether oxygens (including phenoxy) is 1. The summed E-state index contributed by atoms with van der Waals surface area (Å²) in [5, 5.41) is 3.47. The molecule has 0 bridgehead atoms. The third kappa shape index (κ3) is 5.92. The van der Waals surface area contributed by atoms with Gasteiger partial charge in [-0.3, -0.25) is 0 Å². The summed E-state index contributed by atoms with van der Waals surface area (Å²) < 4.78 is 5.73. The summed E-state index contributed by atoms with van der Waals surface area (Å²) in [6, 6.07) is 3.89. The van der Waals surface area contributed by atoms with E-state index >= 15 is 0 Å². The van der Waals surface area contributed by atoms with E-state index in [0.29, 0.717) is 0 Å². The van der Waals surface area contributed by atoms with Crippen molar-refractivity contribution in [2.75, 3.05) is 31.6 Å². The van der Waals surface area contributed by atoms with Crippen molar-refractivity contribution in [2.24, 2.45) is 0 Å². The van der Waals surface area contributed by atoms with E-state index in [1.807, 2.05) is 25.4 Å². The molecule has 0 amide bonds. The van der Waals surface area contributed by atoms with Gasteiger partial charge in [0.15, 0.2) is 11.6 Å². The SMILES string of the molecule is CCCOc1cccnc1N(C)CCNC(C)(C)C. The molecule has 0 atom stereocenters. The van der Waals surface area contributed by atoms with E-state index in [9.17, 15) is 0 Å². The number of hydrogen-bond donors (Lipinski definition) is 1. The molecule has 0 aliphatic carbocycles. The molecule has 0 unspecified atom stereocenters. The van der Waals surface area contributed by atoms with E-state index in [1.54, 1.807) is 0 Å². The van der Waals surface area contributed by atoms with Crippen molar-refractivity contribution in [2.45, 2.75) is 39.7 Å². The smallest absolute Gasteiger partial charge is 0.171 e. The number of anilines is 1. The molecule has 0 aliphatic heterocycles. The molecule has 1 N–H and O–H groups in total. The van der Waals surface area contributed by atoms with Gasteiger partial charge >= 0.3 is 0 Å².